The Balaban J connectivity index is 1.80. The lowest BCUT2D eigenvalue weighted by Crippen LogP contribution is -2.32. The Morgan fingerprint density at radius 1 is 0.719 bits per heavy atom. The van der Waals surface area contributed by atoms with Crippen molar-refractivity contribution < 1.29 is 23.8 Å². The van der Waals surface area contributed by atoms with Crippen LogP contribution in [0, 0.1) is 0 Å². The molecule has 0 aliphatic carbocycles. The molecule has 0 radical (unpaired) electrons. The van der Waals surface area contributed by atoms with Crippen molar-refractivity contribution in [2.75, 3.05) is 31.5 Å². The Hall–Kier alpha value is -4.26. The minimum Gasteiger partial charge on any atom is -0.497 e. The fourth-order valence-electron chi connectivity index (χ4n) is 3.52. The lowest BCUT2D eigenvalue weighted by molar-refractivity contribution is -0.120. The maximum absolute atomic E-state index is 13.5. The van der Waals surface area contributed by atoms with Crippen molar-refractivity contribution in [1.29, 1.82) is 0 Å². The minimum absolute atomic E-state index is 0.167. The molecule has 0 unspecified atom stereocenters. The molecule has 0 bridgehead atoms. The van der Waals surface area contributed by atoms with Crippen LogP contribution in [-0.2, 0) is 9.59 Å². The average Bonchev–Trinajstić information content (AvgIpc) is 3.09. The largest absolute Gasteiger partial charge is 0.497 e. The molecule has 1 aliphatic rings. The number of ether oxygens (including phenoxy) is 3. The van der Waals surface area contributed by atoms with Crippen molar-refractivity contribution >= 4 is 28.8 Å². The van der Waals surface area contributed by atoms with Gasteiger partial charge in [-0.3, -0.25) is 9.59 Å². The molecule has 7 heteroatoms. The van der Waals surface area contributed by atoms with Crippen molar-refractivity contribution in [3.8, 4) is 17.2 Å². The van der Waals surface area contributed by atoms with Crippen LogP contribution in [-0.4, -0.2) is 33.1 Å². The van der Waals surface area contributed by atoms with E-state index in [1.54, 1.807) is 68.8 Å². The van der Waals surface area contributed by atoms with Gasteiger partial charge in [-0.25, -0.2) is 4.90 Å². The van der Waals surface area contributed by atoms with E-state index in [2.05, 4.69) is 5.32 Å². The smallest absolute Gasteiger partial charge is 0.282 e. The van der Waals surface area contributed by atoms with Gasteiger partial charge in [-0.15, -0.1) is 0 Å². The van der Waals surface area contributed by atoms with E-state index in [1.807, 2.05) is 18.2 Å². The van der Waals surface area contributed by atoms with E-state index in [-0.39, 0.29) is 11.3 Å². The maximum Gasteiger partial charge on any atom is 0.282 e. The van der Waals surface area contributed by atoms with E-state index in [4.69, 9.17) is 14.2 Å². The van der Waals surface area contributed by atoms with Gasteiger partial charge in [-0.05, 0) is 42.0 Å². The summed E-state index contributed by atoms with van der Waals surface area (Å²) in [6.07, 6.45) is 0. The third-order valence-electron chi connectivity index (χ3n) is 5.15. The summed E-state index contributed by atoms with van der Waals surface area (Å²) in [5.41, 5.74) is 2.07. The van der Waals surface area contributed by atoms with Gasteiger partial charge in [-0.1, -0.05) is 30.3 Å². The summed E-state index contributed by atoms with van der Waals surface area (Å²) < 4.78 is 15.9. The normalized spacial score (nSPS) is 13.4. The van der Waals surface area contributed by atoms with Crippen LogP contribution in [0.3, 0.4) is 0 Å². The summed E-state index contributed by atoms with van der Waals surface area (Å²) in [5, 5.41) is 3.13. The third kappa shape index (κ3) is 3.76. The lowest BCUT2D eigenvalue weighted by Gasteiger charge is -2.16. The highest BCUT2D eigenvalue weighted by Crippen LogP contribution is 2.37. The molecule has 4 rings (SSSR count). The Morgan fingerprint density at radius 3 is 2.00 bits per heavy atom. The molecule has 3 aromatic rings. The van der Waals surface area contributed by atoms with Crippen molar-refractivity contribution in [2.24, 2.45) is 0 Å². The molecule has 2 amide bonds. The monoisotopic (exact) mass is 430 g/mol. The molecule has 162 valence electrons. The number of benzene rings is 3. The third-order valence-corrected chi connectivity index (χ3v) is 5.15. The summed E-state index contributed by atoms with van der Waals surface area (Å²) in [5.74, 6) is 0.842. The van der Waals surface area contributed by atoms with E-state index in [9.17, 15) is 9.59 Å². The van der Waals surface area contributed by atoms with Crippen molar-refractivity contribution in [3.05, 3.63) is 84.1 Å². The highest BCUT2D eigenvalue weighted by Gasteiger charge is 2.40. The number of methoxy groups -OCH3 is 3. The van der Waals surface area contributed by atoms with Gasteiger partial charge in [-0.2, -0.15) is 0 Å². The van der Waals surface area contributed by atoms with Crippen molar-refractivity contribution in [1.82, 2.24) is 0 Å². The first-order valence-corrected chi connectivity index (χ1v) is 9.89. The Morgan fingerprint density at radius 2 is 1.38 bits per heavy atom. The maximum atomic E-state index is 13.5. The van der Waals surface area contributed by atoms with Crippen LogP contribution in [0.1, 0.15) is 5.56 Å². The fraction of sp³-hybridized carbons (Fsp3) is 0.120. The summed E-state index contributed by atoms with van der Waals surface area (Å²) >= 11 is 0. The number of carbonyl (C=O) groups excluding carboxylic acids is 2. The molecule has 0 aromatic heterocycles. The second kappa shape index (κ2) is 8.85. The predicted octanol–water partition coefficient (Wildman–Crippen LogP) is 4.11. The minimum atomic E-state index is -0.461. The first kappa shape index (κ1) is 21.0. The molecule has 1 heterocycles. The van der Waals surface area contributed by atoms with Gasteiger partial charge in [0.15, 0.2) is 0 Å². The molecule has 0 saturated carbocycles. The molecule has 0 saturated heterocycles. The summed E-state index contributed by atoms with van der Waals surface area (Å²) in [7, 11) is 4.64. The SMILES string of the molecule is COc1ccc(N2C(=O)C(Nc3ccc(OC)cc3OC)=C(c3ccccc3)C2=O)cc1. The highest BCUT2D eigenvalue weighted by molar-refractivity contribution is 6.46. The Labute approximate surface area is 185 Å². The standard InChI is InChI=1S/C25H22N2O5/c1-30-18-11-9-17(10-12-18)27-24(28)22(16-7-5-4-6-8-16)23(25(27)29)26-20-14-13-19(31-2)15-21(20)32-3/h4-15,26H,1-3H3. The number of nitrogens with one attached hydrogen (secondary N) is 1. The molecule has 0 fully saturated rings. The number of carbonyl (C=O) groups is 2. The first-order valence-electron chi connectivity index (χ1n) is 9.89. The van der Waals surface area contributed by atoms with Crippen LogP contribution < -0.4 is 24.4 Å². The zero-order valence-corrected chi connectivity index (χ0v) is 17.9. The van der Waals surface area contributed by atoms with Crippen molar-refractivity contribution in [2.45, 2.75) is 0 Å². The number of hydrogen-bond donors (Lipinski definition) is 1. The van der Waals surface area contributed by atoms with Crippen molar-refractivity contribution in [3.63, 3.8) is 0 Å². The Kier molecular flexibility index (Phi) is 5.81. The first-order chi connectivity index (χ1) is 15.6. The van der Waals surface area contributed by atoms with E-state index in [0.29, 0.717) is 34.2 Å². The highest BCUT2D eigenvalue weighted by atomic mass is 16.5. The number of anilines is 2. The zero-order chi connectivity index (χ0) is 22.7. The summed E-state index contributed by atoms with van der Waals surface area (Å²) in [6.45, 7) is 0. The van der Waals surface area contributed by atoms with Gasteiger partial charge in [0.2, 0.25) is 0 Å². The molecule has 1 N–H and O–H groups in total. The number of nitrogens with zero attached hydrogens (tertiary/aromatic N) is 1. The second-order valence-corrected chi connectivity index (χ2v) is 6.95. The quantitative estimate of drug-likeness (QED) is 0.569. The van der Waals surface area contributed by atoms with Crippen LogP contribution in [0.5, 0.6) is 17.2 Å². The van der Waals surface area contributed by atoms with Gasteiger partial charge in [0, 0.05) is 6.07 Å². The molecule has 7 nitrogen and oxygen atoms in total. The van der Waals surface area contributed by atoms with E-state index in [1.165, 1.54) is 7.11 Å². The Bertz CT molecular complexity index is 1190. The van der Waals surface area contributed by atoms with Gasteiger partial charge < -0.3 is 19.5 Å². The molecular formula is C25H22N2O5. The molecule has 32 heavy (non-hydrogen) atoms. The molecule has 0 spiro atoms. The molecule has 0 atom stereocenters. The fourth-order valence-corrected chi connectivity index (χ4v) is 3.52. The summed E-state index contributed by atoms with van der Waals surface area (Å²) in [4.78, 5) is 28.1. The molecular weight excluding hydrogens is 408 g/mol. The number of amides is 2. The van der Waals surface area contributed by atoms with E-state index in [0.717, 1.165) is 4.90 Å². The van der Waals surface area contributed by atoms with Crippen LogP contribution in [0.2, 0.25) is 0 Å². The average molecular weight is 430 g/mol. The topological polar surface area (TPSA) is 77.1 Å². The van der Waals surface area contributed by atoms with E-state index >= 15 is 0 Å². The number of imide groups is 1. The van der Waals surface area contributed by atoms with Crippen LogP contribution in [0.15, 0.2) is 78.5 Å². The van der Waals surface area contributed by atoms with Gasteiger partial charge in [0.25, 0.3) is 11.8 Å². The van der Waals surface area contributed by atoms with Gasteiger partial charge in [0.05, 0.1) is 38.3 Å². The lowest BCUT2D eigenvalue weighted by atomic mass is 10.0. The van der Waals surface area contributed by atoms with Crippen LogP contribution in [0.4, 0.5) is 11.4 Å². The summed E-state index contributed by atoms with van der Waals surface area (Å²) in [6, 6.07) is 21.0. The van der Waals surface area contributed by atoms with Gasteiger partial charge in [0.1, 0.15) is 22.9 Å². The van der Waals surface area contributed by atoms with Gasteiger partial charge >= 0.3 is 0 Å². The van der Waals surface area contributed by atoms with Crippen LogP contribution >= 0.6 is 0 Å². The molecule has 3 aromatic carbocycles. The molecule has 1 aliphatic heterocycles. The number of hydrogen-bond acceptors (Lipinski definition) is 6. The predicted molar refractivity (Wildman–Crippen MR) is 122 cm³/mol. The van der Waals surface area contributed by atoms with E-state index < -0.39 is 11.8 Å². The number of rotatable bonds is 7. The second-order valence-electron chi connectivity index (χ2n) is 6.95. The van der Waals surface area contributed by atoms with Crippen LogP contribution in [0.25, 0.3) is 5.57 Å². The zero-order valence-electron chi connectivity index (χ0n) is 17.9.